The van der Waals surface area contributed by atoms with Crippen LogP contribution in [0.3, 0.4) is 0 Å². The lowest BCUT2D eigenvalue weighted by Crippen LogP contribution is -3.27. The molecule has 4 heteroatoms. The highest BCUT2D eigenvalue weighted by atomic mass is 16.5. The molecule has 0 amide bonds. The summed E-state index contributed by atoms with van der Waals surface area (Å²) < 4.78 is 5.15. The lowest BCUT2D eigenvalue weighted by Gasteiger charge is -2.29. The number of phenolic OH excluding ortho intramolecular Hbond substituents is 1. The monoisotopic (exact) mass is 252 g/mol. The lowest BCUT2D eigenvalue weighted by molar-refractivity contribution is -1.02. The minimum Gasteiger partial charge on any atom is -0.504 e. The number of methoxy groups -OCH3 is 1. The number of hydrogen-bond acceptors (Lipinski definition) is 2. The molecule has 0 bridgehead atoms. The van der Waals surface area contributed by atoms with E-state index >= 15 is 0 Å². The van der Waals surface area contributed by atoms with Crippen molar-refractivity contribution in [2.45, 2.75) is 13.5 Å². The number of ether oxygens (including phenoxy) is 1. The maximum Gasteiger partial charge on any atom is 0.160 e. The maximum atomic E-state index is 9.57. The largest absolute Gasteiger partial charge is 0.504 e. The summed E-state index contributed by atoms with van der Waals surface area (Å²) in [7, 11) is 1.59. The number of hydrogen-bond donors (Lipinski definition) is 3. The fraction of sp³-hybridized carbons (Fsp3) is 0.571. The standard InChI is InChI=1S/C14H22N2O2/c1-3-15-6-8-16(9-7-15)11-12-4-5-13(17)14(10-12)18-2/h4-5,10,17H,3,6-9,11H2,1-2H3/p+2. The summed E-state index contributed by atoms with van der Waals surface area (Å²) in [5, 5.41) is 9.57. The zero-order valence-corrected chi connectivity index (χ0v) is 11.3. The number of piperazine rings is 1. The summed E-state index contributed by atoms with van der Waals surface area (Å²) in [4.78, 5) is 3.34. The zero-order chi connectivity index (χ0) is 13.0. The van der Waals surface area contributed by atoms with Crippen LogP contribution in [0.4, 0.5) is 0 Å². The van der Waals surface area contributed by atoms with Crippen LogP contribution in [0.15, 0.2) is 18.2 Å². The third-order valence-corrected chi connectivity index (χ3v) is 3.86. The minimum atomic E-state index is 0.219. The molecule has 100 valence electrons. The average Bonchev–Trinajstić information content (AvgIpc) is 2.42. The summed E-state index contributed by atoms with van der Waals surface area (Å²) in [5.74, 6) is 0.793. The van der Waals surface area contributed by atoms with Gasteiger partial charge in [0.2, 0.25) is 0 Å². The van der Waals surface area contributed by atoms with Crippen molar-refractivity contribution < 1.29 is 19.6 Å². The summed E-state index contributed by atoms with van der Waals surface area (Å²) in [6, 6.07) is 5.66. The number of benzene rings is 1. The van der Waals surface area contributed by atoms with Gasteiger partial charge >= 0.3 is 0 Å². The van der Waals surface area contributed by atoms with Crippen molar-refractivity contribution in [3.05, 3.63) is 23.8 Å². The molecule has 0 unspecified atom stereocenters. The Kier molecular flexibility index (Phi) is 4.44. The summed E-state index contributed by atoms with van der Waals surface area (Å²) in [6.45, 7) is 9.50. The first-order valence-electron chi connectivity index (χ1n) is 6.76. The van der Waals surface area contributed by atoms with Gasteiger partial charge in [-0.2, -0.15) is 0 Å². The Balaban J connectivity index is 1.94. The van der Waals surface area contributed by atoms with Crippen molar-refractivity contribution in [2.75, 3.05) is 39.8 Å². The Hall–Kier alpha value is -1.26. The van der Waals surface area contributed by atoms with Gasteiger partial charge < -0.3 is 19.6 Å². The van der Waals surface area contributed by atoms with Crippen LogP contribution in [0.5, 0.6) is 11.5 Å². The molecule has 0 aromatic heterocycles. The molecule has 1 aromatic rings. The van der Waals surface area contributed by atoms with Crippen LogP contribution in [0.2, 0.25) is 0 Å². The van der Waals surface area contributed by atoms with E-state index in [2.05, 4.69) is 6.92 Å². The molecule has 1 saturated heterocycles. The van der Waals surface area contributed by atoms with E-state index in [-0.39, 0.29) is 5.75 Å². The fourth-order valence-corrected chi connectivity index (χ4v) is 2.61. The van der Waals surface area contributed by atoms with E-state index in [1.54, 1.807) is 23.0 Å². The zero-order valence-electron chi connectivity index (χ0n) is 11.3. The van der Waals surface area contributed by atoms with Crippen LogP contribution in [0.25, 0.3) is 0 Å². The van der Waals surface area contributed by atoms with Gasteiger partial charge in [0.15, 0.2) is 11.5 Å². The van der Waals surface area contributed by atoms with E-state index in [1.165, 1.54) is 38.3 Å². The molecule has 1 aliphatic rings. The smallest absolute Gasteiger partial charge is 0.160 e. The summed E-state index contributed by atoms with van der Waals surface area (Å²) in [6.07, 6.45) is 0. The second kappa shape index (κ2) is 6.07. The predicted molar refractivity (Wildman–Crippen MR) is 70.3 cm³/mol. The van der Waals surface area contributed by atoms with Crippen LogP contribution in [0, 0.1) is 0 Å². The average molecular weight is 252 g/mol. The molecular formula is C14H24N2O2+2. The Bertz CT molecular complexity index is 387. The molecule has 0 saturated carbocycles. The number of rotatable bonds is 4. The van der Waals surface area contributed by atoms with Crippen LogP contribution >= 0.6 is 0 Å². The maximum absolute atomic E-state index is 9.57. The Labute approximate surface area is 109 Å². The van der Waals surface area contributed by atoms with Gasteiger partial charge in [-0.3, -0.25) is 0 Å². The number of phenols is 1. The first kappa shape index (κ1) is 13.2. The molecule has 18 heavy (non-hydrogen) atoms. The molecule has 1 heterocycles. The molecule has 0 spiro atoms. The minimum absolute atomic E-state index is 0.219. The van der Waals surface area contributed by atoms with E-state index in [0.29, 0.717) is 5.75 Å². The number of nitrogens with one attached hydrogen (secondary N) is 2. The van der Waals surface area contributed by atoms with E-state index in [9.17, 15) is 5.11 Å². The van der Waals surface area contributed by atoms with Gasteiger partial charge in [-0.05, 0) is 25.1 Å². The normalized spacial score (nSPS) is 23.9. The third-order valence-electron chi connectivity index (χ3n) is 3.86. The molecule has 4 nitrogen and oxygen atoms in total. The molecule has 0 atom stereocenters. The van der Waals surface area contributed by atoms with Crippen LogP contribution < -0.4 is 14.5 Å². The molecule has 0 radical (unpaired) electrons. The van der Waals surface area contributed by atoms with Gasteiger partial charge in [0.05, 0.1) is 13.7 Å². The Morgan fingerprint density at radius 1 is 1.17 bits per heavy atom. The van der Waals surface area contributed by atoms with E-state index in [0.717, 1.165) is 6.54 Å². The quantitative estimate of drug-likeness (QED) is 0.623. The van der Waals surface area contributed by atoms with Crippen LogP contribution in [-0.2, 0) is 6.54 Å². The van der Waals surface area contributed by atoms with Gasteiger partial charge in [-0.25, -0.2) is 0 Å². The molecule has 3 N–H and O–H groups in total. The predicted octanol–water partition coefficient (Wildman–Crippen LogP) is -1.30. The third kappa shape index (κ3) is 3.15. The Morgan fingerprint density at radius 2 is 1.83 bits per heavy atom. The van der Waals surface area contributed by atoms with Crippen molar-refractivity contribution in [3.8, 4) is 11.5 Å². The van der Waals surface area contributed by atoms with E-state index < -0.39 is 0 Å². The highest BCUT2D eigenvalue weighted by Crippen LogP contribution is 2.25. The first-order valence-corrected chi connectivity index (χ1v) is 6.76. The number of likely N-dealkylation sites (N-methyl/N-ethyl adjacent to an activating group) is 1. The molecule has 1 fully saturated rings. The summed E-state index contributed by atoms with van der Waals surface area (Å²) >= 11 is 0. The highest BCUT2D eigenvalue weighted by Gasteiger charge is 2.21. The van der Waals surface area contributed by atoms with Crippen molar-refractivity contribution >= 4 is 0 Å². The first-order chi connectivity index (χ1) is 8.72. The van der Waals surface area contributed by atoms with Gasteiger partial charge in [-0.15, -0.1) is 0 Å². The van der Waals surface area contributed by atoms with Crippen molar-refractivity contribution in [1.82, 2.24) is 0 Å². The molecule has 2 rings (SSSR count). The van der Waals surface area contributed by atoms with Gasteiger partial charge in [0.25, 0.3) is 0 Å². The van der Waals surface area contributed by atoms with Crippen molar-refractivity contribution in [3.63, 3.8) is 0 Å². The topological polar surface area (TPSA) is 38.3 Å². The van der Waals surface area contributed by atoms with E-state index in [1.807, 2.05) is 12.1 Å². The second-order valence-corrected chi connectivity index (χ2v) is 5.04. The van der Waals surface area contributed by atoms with Crippen LogP contribution in [-0.4, -0.2) is 44.9 Å². The Morgan fingerprint density at radius 3 is 2.44 bits per heavy atom. The number of quaternary nitrogens is 2. The van der Waals surface area contributed by atoms with Gasteiger partial charge in [-0.1, -0.05) is 0 Å². The van der Waals surface area contributed by atoms with Crippen molar-refractivity contribution in [1.29, 1.82) is 0 Å². The summed E-state index contributed by atoms with van der Waals surface area (Å²) in [5.41, 5.74) is 1.24. The van der Waals surface area contributed by atoms with Gasteiger partial charge in [0, 0.05) is 5.56 Å². The fourth-order valence-electron chi connectivity index (χ4n) is 2.61. The molecular weight excluding hydrogens is 228 g/mol. The second-order valence-electron chi connectivity index (χ2n) is 5.04. The van der Waals surface area contributed by atoms with Gasteiger partial charge in [0.1, 0.15) is 32.7 Å². The highest BCUT2D eigenvalue weighted by molar-refractivity contribution is 5.41. The molecule has 1 aliphatic heterocycles. The van der Waals surface area contributed by atoms with Crippen LogP contribution in [0.1, 0.15) is 12.5 Å². The SMILES string of the molecule is CC[NH+]1CC[NH+](Cc2ccc(O)c(OC)c2)CC1. The van der Waals surface area contributed by atoms with E-state index in [4.69, 9.17) is 4.74 Å². The number of aromatic hydroxyl groups is 1. The lowest BCUT2D eigenvalue weighted by atomic mass is 10.1. The molecule has 1 aromatic carbocycles. The van der Waals surface area contributed by atoms with Crippen molar-refractivity contribution in [2.24, 2.45) is 0 Å². The molecule has 0 aliphatic carbocycles.